The number of aromatic amines is 1. The van der Waals surface area contributed by atoms with Crippen molar-refractivity contribution in [3.05, 3.63) is 20.6 Å². The lowest BCUT2D eigenvalue weighted by molar-refractivity contribution is 0.104. The number of aromatic nitrogens is 2. The van der Waals surface area contributed by atoms with E-state index in [0.717, 1.165) is 35.4 Å². The van der Waals surface area contributed by atoms with Gasteiger partial charge in [0, 0.05) is 17.7 Å². The van der Waals surface area contributed by atoms with Crippen LogP contribution in [0.5, 0.6) is 0 Å². The Bertz CT molecular complexity index is 472. The number of hydrogen-bond donors (Lipinski definition) is 1. The van der Waals surface area contributed by atoms with E-state index in [0.29, 0.717) is 4.64 Å². The predicted octanol–water partition coefficient (Wildman–Crippen LogP) is 4.05. The van der Waals surface area contributed by atoms with Gasteiger partial charge < -0.3 is 9.72 Å². The maximum absolute atomic E-state index is 5.65. The summed E-state index contributed by atoms with van der Waals surface area (Å²) in [5.74, 6) is 0.862. The lowest BCUT2D eigenvalue weighted by Crippen LogP contribution is -2.18. The van der Waals surface area contributed by atoms with Crippen molar-refractivity contribution < 1.29 is 4.74 Å². The minimum Gasteiger partial charge on any atom is -0.370 e. The Morgan fingerprint density at radius 2 is 2.18 bits per heavy atom. The molecule has 0 radical (unpaired) electrons. The number of H-pyrrole nitrogens is 1. The van der Waals surface area contributed by atoms with Gasteiger partial charge >= 0.3 is 0 Å². The van der Waals surface area contributed by atoms with Crippen molar-refractivity contribution >= 4 is 28.1 Å². The van der Waals surface area contributed by atoms with Crippen LogP contribution >= 0.6 is 28.1 Å². The second-order valence-corrected chi connectivity index (χ2v) is 6.55. The summed E-state index contributed by atoms with van der Waals surface area (Å²) < 4.78 is 7.15. The van der Waals surface area contributed by atoms with E-state index in [-0.39, 0.29) is 11.5 Å². The molecule has 1 aromatic rings. The van der Waals surface area contributed by atoms with Crippen molar-refractivity contribution in [2.24, 2.45) is 0 Å². The fraction of sp³-hybridized carbons (Fsp3) is 0.667. The molecule has 1 aromatic heterocycles. The third-order valence-corrected chi connectivity index (χ3v) is 4.20. The second kappa shape index (κ2) is 4.78. The van der Waals surface area contributed by atoms with Gasteiger partial charge in [0.15, 0.2) is 0 Å². The predicted molar refractivity (Wildman–Crippen MR) is 73.7 cm³/mol. The molecule has 0 amide bonds. The van der Waals surface area contributed by atoms with Crippen LogP contribution in [0.3, 0.4) is 0 Å². The summed E-state index contributed by atoms with van der Waals surface area (Å²) in [6.45, 7) is 7.26. The number of nitrogens with zero attached hydrogens (tertiary/aromatic N) is 1. The first kappa shape index (κ1) is 13.2. The summed E-state index contributed by atoms with van der Waals surface area (Å²) in [6, 6.07) is 0. The molecule has 1 aliphatic rings. The van der Waals surface area contributed by atoms with Crippen LogP contribution in [0, 0.1) is 4.64 Å². The second-order valence-electron chi connectivity index (χ2n) is 5.37. The fourth-order valence-corrected chi connectivity index (χ4v) is 2.92. The Balaban J connectivity index is 2.49. The summed E-state index contributed by atoms with van der Waals surface area (Å²) >= 11 is 8.82. The van der Waals surface area contributed by atoms with Gasteiger partial charge in [0.1, 0.15) is 16.6 Å². The average molecular weight is 317 g/mol. The number of nitrogens with one attached hydrogen (secondary N) is 1. The summed E-state index contributed by atoms with van der Waals surface area (Å²) in [5, 5.41) is 0. The van der Waals surface area contributed by atoms with Gasteiger partial charge in [0.05, 0.1) is 4.47 Å². The fourth-order valence-electron chi connectivity index (χ4n) is 1.94. The molecule has 0 aliphatic carbocycles. The van der Waals surface area contributed by atoms with Crippen LogP contribution in [-0.2, 0) is 10.2 Å². The van der Waals surface area contributed by atoms with Crippen LogP contribution in [0.15, 0.2) is 4.47 Å². The molecule has 17 heavy (non-hydrogen) atoms. The zero-order valence-electron chi connectivity index (χ0n) is 10.3. The first-order chi connectivity index (χ1) is 7.89. The zero-order valence-corrected chi connectivity index (χ0v) is 12.7. The summed E-state index contributed by atoms with van der Waals surface area (Å²) in [7, 11) is 0. The molecule has 1 atom stereocenters. The highest BCUT2D eigenvalue weighted by molar-refractivity contribution is 9.10. The molecule has 0 bridgehead atoms. The van der Waals surface area contributed by atoms with E-state index < -0.39 is 0 Å². The Labute approximate surface area is 115 Å². The molecule has 1 unspecified atom stereocenters. The summed E-state index contributed by atoms with van der Waals surface area (Å²) in [5.41, 5.74) is 1.09. The highest BCUT2D eigenvalue weighted by Gasteiger charge is 2.25. The highest BCUT2D eigenvalue weighted by atomic mass is 79.9. The van der Waals surface area contributed by atoms with Crippen LogP contribution in [-0.4, -0.2) is 16.6 Å². The normalized spacial score (nSPS) is 20.8. The topological polar surface area (TPSA) is 37.9 Å². The number of halogens is 1. The molecule has 2 heterocycles. The van der Waals surface area contributed by atoms with Crippen LogP contribution in [0.25, 0.3) is 0 Å². The molecular formula is C12H17BrN2OS. The van der Waals surface area contributed by atoms with E-state index in [1.54, 1.807) is 0 Å². The van der Waals surface area contributed by atoms with E-state index in [1.807, 2.05) is 0 Å². The lowest BCUT2D eigenvalue weighted by Gasteiger charge is -2.22. The largest absolute Gasteiger partial charge is 0.370 e. The van der Waals surface area contributed by atoms with Crippen LogP contribution in [0.4, 0.5) is 0 Å². The standard InChI is InChI=1S/C12H17BrN2OS/c1-12(2,3)9-8(13)11(17)15-10(14-9)7-5-4-6-16-7/h7H,4-6H2,1-3H3,(H,14,15,17). The Hall–Kier alpha value is -0.260. The summed E-state index contributed by atoms with van der Waals surface area (Å²) in [6.07, 6.45) is 2.18. The molecule has 1 N–H and O–H groups in total. The third-order valence-electron chi connectivity index (χ3n) is 2.87. The van der Waals surface area contributed by atoms with Crippen LogP contribution in [0.2, 0.25) is 0 Å². The zero-order chi connectivity index (χ0) is 12.6. The summed E-state index contributed by atoms with van der Waals surface area (Å²) in [4.78, 5) is 7.80. The molecule has 1 fully saturated rings. The van der Waals surface area contributed by atoms with E-state index in [9.17, 15) is 0 Å². The maximum Gasteiger partial charge on any atom is 0.144 e. The van der Waals surface area contributed by atoms with Gasteiger partial charge in [-0.25, -0.2) is 4.98 Å². The molecule has 0 spiro atoms. The number of hydrogen-bond acceptors (Lipinski definition) is 3. The van der Waals surface area contributed by atoms with Crippen molar-refractivity contribution in [1.29, 1.82) is 0 Å². The van der Waals surface area contributed by atoms with Crippen molar-refractivity contribution in [3.63, 3.8) is 0 Å². The Morgan fingerprint density at radius 1 is 1.47 bits per heavy atom. The molecule has 0 aromatic carbocycles. The van der Waals surface area contributed by atoms with Gasteiger partial charge in [0.25, 0.3) is 0 Å². The van der Waals surface area contributed by atoms with E-state index in [1.165, 1.54) is 0 Å². The minimum atomic E-state index is 0.00267. The molecule has 1 aliphatic heterocycles. The highest BCUT2D eigenvalue weighted by Crippen LogP contribution is 2.32. The van der Waals surface area contributed by atoms with Gasteiger partial charge in [-0.1, -0.05) is 33.0 Å². The van der Waals surface area contributed by atoms with Gasteiger partial charge in [0.2, 0.25) is 0 Å². The molecule has 94 valence electrons. The van der Waals surface area contributed by atoms with Gasteiger partial charge in [-0.15, -0.1) is 0 Å². The van der Waals surface area contributed by atoms with Crippen LogP contribution < -0.4 is 0 Å². The van der Waals surface area contributed by atoms with Gasteiger partial charge in [-0.3, -0.25) is 0 Å². The van der Waals surface area contributed by atoms with E-state index in [2.05, 4.69) is 46.7 Å². The van der Waals surface area contributed by atoms with Crippen molar-refractivity contribution in [3.8, 4) is 0 Å². The lowest BCUT2D eigenvalue weighted by atomic mass is 9.92. The minimum absolute atomic E-state index is 0.00267. The van der Waals surface area contributed by atoms with E-state index >= 15 is 0 Å². The molecule has 0 saturated carbocycles. The maximum atomic E-state index is 5.65. The van der Waals surface area contributed by atoms with Crippen molar-refractivity contribution in [1.82, 2.24) is 9.97 Å². The Kier molecular flexibility index (Phi) is 3.71. The van der Waals surface area contributed by atoms with Gasteiger partial charge in [-0.2, -0.15) is 0 Å². The molecule has 3 nitrogen and oxygen atoms in total. The van der Waals surface area contributed by atoms with Crippen LogP contribution in [0.1, 0.15) is 51.2 Å². The average Bonchev–Trinajstić information content (AvgIpc) is 2.73. The number of ether oxygens (including phenoxy) is 1. The quantitative estimate of drug-likeness (QED) is 0.794. The molecule has 5 heteroatoms. The van der Waals surface area contributed by atoms with E-state index in [4.69, 9.17) is 17.0 Å². The number of rotatable bonds is 1. The molecular weight excluding hydrogens is 300 g/mol. The van der Waals surface area contributed by atoms with Crippen molar-refractivity contribution in [2.45, 2.75) is 45.1 Å². The smallest absolute Gasteiger partial charge is 0.144 e. The first-order valence-electron chi connectivity index (χ1n) is 5.81. The monoisotopic (exact) mass is 316 g/mol. The molecule has 2 rings (SSSR count). The Morgan fingerprint density at radius 3 is 2.71 bits per heavy atom. The molecule has 1 saturated heterocycles. The third kappa shape index (κ3) is 2.77. The van der Waals surface area contributed by atoms with Crippen molar-refractivity contribution in [2.75, 3.05) is 6.61 Å². The first-order valence-corrected chi connectivity index (χ1v) is 7.01. The SMILES string of the molecule is CC(C)(C)c1[nH]c(C2CCCO2)nc(=S)c1Br. The van der Waals surface area contributed by atoms with Gasteiger partial charge in [-0.05, 0) is 28.8 Å².